The summed E-state index contributed by atoms with van der Waals surface area (Å²) in [6, 6.07) is 0. The first-order valence-electron chi connectivity index (χ1n) is 3.92. The minimum atomic E-state index is 0.267. The fraction of sp³-hybridized carbons (Fsp3) is 1.00. The number of hydrogen-bond acceptors (Lipinski definition) is 2. The monoisotopic (exact) mass is 162 g/mol. The number of aliphatic hydroxyl groups is 1. The van der Waals surface area contributed by atoms with E-state index in [1.165, 1.54) is 0 Å². The molecule has 0 aromatic carbocycles. The van der Waals surface area contributed by atoms with Crippen LogP contribution >= 0.6 is 12.6 Å². The van der Waals surface area contributed by atoms with Crippen LogP contribution in [0, 0.1) is 11.8 Å². The van der Waals surface area contributed by atoms with Crippen molar-refractivity contribution in [3.63, 3.8) is 0 Å². The minimum absolute atomic E-state index is 0.267. The van der Waals surface area contributed by atoms with Gasteiger partial charge in [0.2, 0.25) is 0 Å². The van der Waals surface area contributed by atoms with E-state index in [9.17, 15) is 0 Å². The summed E-state index contributed by atoms with van der Waals surface area (Å²) in [6.07, 6.45) is 1.02. The van der Waals surface area contributed by atoms with Gasteiger partial charge in [0.15, 0.2) is 0 Å². The second-order valence-corrected chi connectivity index (χ2v) is 3.68. The molecule has 0 aromatic heterocycles. The second kappa shape index (κ2) is 5.03. The Bertz CT molecular complexity index is 79.3. The molecule has 1 nitrogen and oxygen atoms in total. The Labute approximate surface area is 69.2 Å². The fourth-order valence-electron chi connectivity index (χ4n) is 1.02. The van der Waals surface area contributed by atoms with Crippen molar-refractivity contribution in [1.29, 1.82) is 0 Å². The van der Waals surface area contributed by atoms with Crippen LogP contribution in [0.1, 0.15) is 27.2 Å². The standard InChI is InChI=1S/C8H18OS/c1-4-7(5-9)8(10)6(2)3/h6-10H,4-5H2,1-3H3/t7-,8-/m1/s1. The smallest absolute Gasteiger partial charge is 0.0469 e. The minimum Gasteiger partial charge on any atom is -0.396 e. The SMILES string of the molecule is CC[C@H](CO)[C@H](S)C(C)C. The average molecular weight is 162 g/mol. The van der Waals surface area contributed by atoms with Crippen molar-refractivity contribution >= 4 is 12.6 Å². The summed E-state index contributed by atoms with van der Waals surface area (Å²) in [7, 11) is 0. The Hall–Kier alpha value is 0.310. The molecular formula is C8H18OS. The van der Waals surface area contributed by atoms with Gasteiger partial charge >= 0.3 is 0 Å². The van der Waals surface area contributed by atoms with Crippen LogP contribution in [0.3, 0.4) is 0 Å². The van der Waals surface area contributed by atoms with Gasteiger partial charge in [-0.1, -0.05) is 27.2 Å². The third-order valence-electron chi connectivity index (χ3n) is 1.92. The lowest BCUT2D eigenvalue weighted by molar-refractivity contribution is 0.208. The predicted molar refractivity (Wildman–Crippen MR) is 48.5 cm³/mol. The molecule has 0 aliphatic rings. The molecule has 0 aliphatic heterocycles. The van der Waals surface area contributed by atoms with Crippen molar-refractivity contribution in [2.45, 2.75) is 32.4 Å². The first-order chi connectivity index (χ1) is 4.63. The number of hydrogen-bond donors (Lipinski definition) is 2. The van der Waals surface area contributed by atoms with Gasteiger partial charge in [0, 0.05) is 11.9 Å². The molecule has 10 heavy (non-hydrogen) atoms. The van der Waals surface area contributed by atoms with Gasteiger partial charge < -0.3 is 5.11 Å². The maximum absolute atomic E-state index is 8.90. The first-order valence-corrected chi connectivity index (χ1v) is 4.44. The Balaban J connectivity index is 3.76. The Morgan fingerprint density at radius 3 is 2.00 bits per heavy atom. The molecule has 0 bridgehead atoms. The summed E-state index contributed by atoms with van der Waals surface area (Å²) >= 11 is 4.42. The van der Waals surface area contributed by atoms with Gasteiger partial charge in [-0.25, -0.2) is 0 Å². The van der Waals surface area contributed by atoms with E-state index in [0.29, 0.717) is 17.1 Å². The summed E-state index contributed by atoms with van der Waals surface area (Å²) in [5.41, 5.74) is 0. The summed E-state index contributed by atoms with van der Waals surface area (Å²) in [6.45, 7) is 6.63. The van der Waals surface area contributed by atoms with Gasteiger partial charge in [-0.2, -0.15) is 12.6 Å². The quantitative estimate of drug-likeness (QED) is 0.605. The highest BCUT2D eigenvalue weighted by atomic mass is 32.1. The summed E-state index contributed by atoms with van der Waals surface area (Å²) < 4.78 is 0. The van der Waals surface area contributed by atoms with Crippen LogP contribution in [0.5, 0.6) is 0 Å². The van der Waals surface area contributed by atoms with Crippen LogP contribution < -0.4 is 0 Å². The van der Waals surface area contributed by atoms with Crippen molar-refractivity contribution in [2.24, 2.45) is 11.8 Å². The van der Waals surface area contributed by atoms with Crippen LogP contribution in [-0.4, -0.2) is 17.0 Å². The van der Waals surface area contributed by atoms with Gasteiger partial charge in [-0.15, -0.1) is 0 Å². The Kier molecular flexibility index (Phi) is 5.18. The molecule has 0 aromatic rings. The molecule has 0 heterocycles. The fourth-order valence-corrected chi connectivity index (χ4v) is 1.33. The molecule has 1 N–H and O–H groups in total. The van der Waals surface area contributed by atoms with Crippen LogP contribution in [0.25, 0.3) is 0 Å². The normalized spacial score (nSPS) is 17.4. The van der Waals surface area contributed by atoms with Crippen LogP contribution in [0.15, 0.2) is 0 Å². The third kappa shape index (κ3) is 2.93. The van der Waals surface area contributed by atoms with Crippen LogP contribution in [0.2, 0.25) is 0 Å². The second-order valence-electron chi connectivity index (χ2n) is 3.09. The maximum atomic E-state index is 8.90. The molecule has 62 valence electrons. The average Bonchev–Trinajstić information content (AvgIpc) is 1.90. The lowest BCUT2D eigenvalue weighted by Crippen LogP contribution is -2.23. The molecule has 0 saturated carbocycles. The van der Waals surface area contributed by atoms with E-state index in [0.717, 1.165) is 6.42 Å². The van der Waals surface area contributed by atoms with Crippen molar-refractivity contribution in [3.05, 3.63) is 0 Å². The first kappa shape index (κ1) is 10.3. The highest BCUT2D eigenvalue weighted by molar-refractivity contribution is 7.81. The van der Waals surface area contributed by atoms with Gasteiger partial charge in [-0.3, -0.25) is 0 Å². The number of aliphatic hydroxyl groups excluding tert-OH is 1. The molecule has 0 radical (unpaired) electrons. The lowest BCUT2D eigenvalue weighted by atomic mass is 9.95. The Morgan fingerprint density at radius 2 is 1.90 bits per heavy atom. The molecule has 0 rings (SSSR count). The molecule has 0 aliphatic carbocycles. The maximum Gasteiger partial charge on any atom is 0.0469 e. The van der Waals surface area contributed by atoms with E-state index in [2.05, 4.69) is 33.4 Å². The topological polar surface area (TPSA) is 20.2 Å². The van der Waals surface area contributed by atoms with E-state index in [-0.39, 0.29) is 6.61 Å². The summed E-state index contributed by atoms with van der Waals surface area (Å²) in [5.74, 6) is 0.920. The third-order valence-corrected chi connectivity index (χ3v) is 2.94. The van der Waals surface area contributed by atoms with Crippen LogP contribution in [0.4, 0.5) is 0 Å². The lowest BCUT2D eigenvalue weighted by Gasteiger charge is -2.22. The predicted octanol–water partition coefficient (Wildman–Crippen LogP) is 1.96. The zero-order valence-corrected chi connectivity index (χ0v) is 7.94. The van der Waals surface area contributed by atoms with Crippen molar-refractivity contribution in [3.8, 4) is 0 Å². The van der Waals surface area contributed by atoms with E-state index in [4.69, 9.17) is 5.11 Å². The molecule has 2 atom stereocenters. The molecule has 0 amide bonds. The Morgan fingerprint density at radius 1 is 1.40 bits per heavy atom. The van der Waals surface area contributed by atoms with Gasteiger partial charge in [0.05, 0.1) is 0 Å². The van der Waals surface area contributed by atoms with Gasteiger partial charge in [-0.05, 0) is 11.8 Å². The molecular weight excluding hydrogens is 144 g/mol. The largest absolute Gasteiger partial charge is 0.396 e. The molecule has 0 spiro atoms. The van der Waals surface area contributed by atoms with Crippen molar-refractivity contribution in [2.75, 3.05) is 6.61 Å². The van der Waals surface area contributed by atoms with Crippen molar-refractivity contribution in [1.82, 2.24) is 0 Å². The molecule has 0 fully saturated rings. The van der Waals surface area contributed by atoms with Crippen molar-refractivity contribution < 1.29 is 5.11 Å². The van der Waals surface area contributed by atoms with Gasteiger partial charge in [0.1, 0.15) is 0 Å². The highest BCUT2D eigenvalue weighted by Crippen LogP contribution is 2.20. The number of thiol groups is 1. The summed E-state index contributed by atoms with van der Waals surface area (Å²) in [4.78, 5) is 0. The van der Waals surface area contributed by atoms with E-state index < -0.39 is 0 Å². The van der Waals surface area contributed by atoms with Crippen LogP contribution in [-0.2, 0) is 0 Å². The molecule has 2 heteroatoms. The number of rotatable bonds is 4. The zero-order chi connectivity index (χ0) is 8.15. The zero-order valence-electron chi connectivity index (χ0n) is 7.04. The summed E-state index contributed by atoms with van der Waals surface area (Å²) in [5, 5.41) is 9.24. The van der Waals surface area contributed by atoms with E-state index in [1.807, 2.05) is 0 Å². The van der Waals surface area contributed by atoms with E-state index in [1.54, 1.807) is 0 Å². The van der Waals surface area contributed by atoms with Gasteiger partial charge in [0.25, 0.3) is 0 Å². The molecule has 0 saturated heterocycles. The van der Waals surface area contributed by atoms with E-state index >= 15 is 0 Å². The molecule has 0 unspecified atom stereocenters. The highest BCUT2D eigenvalue weighted by Gasteiger charge is 2.17.